The Morgan fingerprint density at radius 2 is 1.29 bits per heavy atom. The lowest BCUT2D eigenvalue weighted by Crippen LogP contribution is -2.13. The van der Waals surface area contributed by atoms with Gasteiger partial charge in [-0.05, 0) is 6.42 Å². The summed E-state index contributed by atoms with van der Waals surface area (Å²) in [5.74, 6) is -0.584. The maximum Gasteiger partial charge on any atom is 0.228 e. The highest BCUT2D eigenvalue weighted by molar-refractivity contribution is 6.43. The second-order valence-corrected chi connectivity index (χ2v) is 5.70. The molecule has 1 rings (SSSR count). The molecule has 1 aromatic rings. The molecule has 0 N–H and O–H groups in total. The van der Waals surface area contributed by atoms with Gasteiger partial charge in [-0.3, -0.25) is 9.59 Å². The predicted octanol–water partition coefficient (Wildman–Crippen LogP) is 5.36. The monoisotopic (exact) mass is 288 g/mol. The first-order valence-electron chi connectivity index (χ1n) is 8.38. The van der Waals surface area contributed by atoms with Crippen molar-refractivity contribution in [3.63, 3.8) is 0 Å². The molecule has 0 aromatic heterocycles. The van der Waals surface area contributed by atoms with E-state index < -0.39 is 0 Å². The maximum absolute atomic E-state index is 11.9. The van der Waals surface area contributed by atoms with E-state index in [1.165, 1.54) is 44.9 Å². The maximum atomic E-state index is 11.9. The van der Waals surface area contributed by atoms with Crippen molar-refractivity contribution in [1.29, 1.82) is 0 Å². The molecule has 2 nitrogen and oxygen atoms in total. The molecule has 0 saturated carbocycles. The first-order chi connectivity index (χ1) is 10.3. The van der Waals surface area contributed by atoms with Gasteiger partial charge in [0.05, 0.1) is 0 Å². The number of benzene rings is 1. The molecule has 1 aromatic carbocycles. The Balaban J connectivity index is 2.05. The van der Waals surface area contributed by atoms with Gasteiger partial charge in [0.15, 0.2) is 0 Å². The summed E-state index contributed by atoms with van der Waals surface area (Å²) in [6.07, 6.45) is 11.3. The zero-order valence-corrected chi connectivity index (χ0v) is 13.3. The molecule has 0 aliphatic rings. The van der Waals surface area contributed by atoms with E-state index in [1.807, 2.05) is 6.07 Å². The van der Waals surface area contributed by atoms with Crippen LogP contribution in [0, 0.1) is 0 Å². The molecule has 0 atom stereocenters. The smallest absolute Gasteiger partial charge is 0.228 e. The Morgan fingerprint density at radius 3 is 1.86 bits per heavy atom. The standard InChI is InChI=1S/C19H28O2/c1-2-3-4-5-6-7-8-9-13-16-18(20)19(21)17-14-11-10-12-15-17/h10-12,14-15H,2-9,13,16H2,1H3. The van der Waals surface area contributed by atoms with Gasteiger partial charge in [0, 0.05) is 12.0 Å². The molecule has 0 heterocycles. The summed E-state index contributed by atoms with van der Waals surface area (Å²) in [6.45, 7) is 2.23. The summed E-state index contributed by atoms with van der Waals surface area (Å²) in [5, 5.41) is 0. The minimum atomic E-state index is -0.338. The normalized spacial score (nSPS) is 10.5. The Hall–Kier alpha value is -1.44. The molecule has 0 aliphatic heterocycles. The van der Waals surface area contributed by atoms with Crippen LogP contribution in [0.25, 0.3) is 0 Å². The van der Waals surface area contributed by atoms with Gasteiger partial charge in [-0.15, -0.1) is 0 Å². The van der Waals surface area contributed by atoms with Crippen molar-refractivity contribution in [3.8, 4) is 0 Å². The molecule has 0 saturated heterocycles. The van der Waals surface area contributed by atoms with Gasteiger partial charge in [0.25, 0.3) is 0 Å². The molecule has 0 spiro atoms. The zero-order chi connectivity index (χ0) is 15.3. The van der Waals surface area contributed by atoms with E-state index in [-0.39, 0.29) is 11.6 Å². The van der Waals surface area contributed by atoms with Crippen LogP contribution in [0.3, 0.4) is 0 Å². The number of unbranched alkanes of at least 4 members (excludes halogenated alkanes) is 8. The zero-order valence-electron chi connectivity index (χ0n) is 13.3. The Morgan fingerprint density at radius 1 is 0.762 bits per heavy atom. The molecule has 0 amide bonds. The fourth-order valence-electron chi connectivity index (χ4n) is 2.46. The van der Waals surface area contributed by atoms with E-state index in [1.54, 1.807) is 24.3 Å². The predicted molar refractivity (Wildman–Crippen MR) is 87.6 cm³/mol. The minimum absolute atomic E-state index is 0.246. The van der Waals surface area contributed by atoms with E-state index >= 15 is 0 Å². The van der Waals surface area contributed by atoms with Crippen molar-refractivity contribution in [3.05, 3.63) is 35.9 Å². The van der Waals surface area contributed by atoms with Crippen molar-refractivity contribution in [2.45, 2.75) is 71.1 Å². The van der Waals surface area contributed by atoms with Crippen LogP contribution in [-0.2, 0) is 4.79 Å². The average Bonchev–Trinajstić information content (AvgIpc) is 2.53. The van der Waals surface area contributed by atoms with Gasteiger partial charge in [-0.2, -0.15) is 0 Å². The molecule has 21 heavy (non-hydrogen) atoms. The Kier molecular flexibility index (Phi) is 9.43. The van der Waals surface area contributed by atoms with Gasteiger partial charge in [-0.25, -0.2) is 0 Å². The molecule has 0 radical (unpaired) electrons. The third-order valence-corrected chi connectivity index (χ3v) is 3.80. The highest BCUT2D eigenvalue weighted by Crippen LogP contribution is 2.11. The second kappa shape index (κ2) is 11.2. The van der Waals surface area contributed by atoms with Crippen molar-refractivity contribution >= 4 is 11.6 Å². The number of rotatable bonds is 12. The van der Waals surface area contributed by atoms with Gasteiger partial charge >= 0.3 is 0 Å². The molecule has 0 unspecified atom stereocenters. The highest BCUT2D eigenvalue weighted by Gasteiger charge is 2.14. The summed E-state index contributed by atoms with van der Waals surface area (Å²) in [4.78, 5) is 23.7. The lowest BCUT2D eigenvalue weighted by Gasteiger charge is -2.02. The SMILES string of the molecule is CCCCCCCCCCCC(=O)C(=O)c1ccccc1. The topological polar surface area (TPSA) is 34.1 Å². The molecule has 116 valence electrons. The van der Waals surface area contributed by atoms with Crippen molar-refractivity contribution in [2.75, 3.05) is 0 Å². The van der Waals surface area contributed by atoms with E-state index in [2.05, 4.69) is 6.92 Å². The van der Waals surface area contributed by atoms with Crippen LogP contribution in [0.4, 0.5) is 0 Å². The van der Waals surface area contributed by atoms with Gasteiger partial charge < -0.3 is 0 Å². The van der Waals surface area contributed by atoms with Crippen LogP contribution in [0.15, 0.2) is 30.3 Å². The summed E-state index contributed by atoms with van der Waals surface area (Å²) in [6, 6.07) is 8.84. The highest BCUT2D eigenvalue weighted by atomic mass is 16.2. The summed E-state index contributed by atoms with van der Waals surface area (Å²) < 4.78 is 0. The minimum Gasteiger partial charge on any atom is -0.290 e. The van der Waals surface area contributed by atoms with Crippen LogP contribution in [0.2, 0.25) is 0 Å². The quantitative estimate of drug-likeness (QED) is 0.295. The fourth-order valence-corrected chi connectivity index (χ4v) is 2.46. The lowest BCUT2D eigenvalue weighted by molar-refractivity contribution is -0.115. The fraction of sp³-hybridized carbons (Fsp3) is 0.579. The second-order valence-electron chi connectivity index (χ2n) is 5.70. The lowest BCUT2D eigenvalue weighted by atomic mass is 10.0. The first-order valence-corrected chi connectivity index (χ1v) is 8.38. The Bertz CT molecular complexity index is 409. The van der Waals surface area contributed by atoms with Crippen LogP contribution >= 0.6 is 0 Å². The number of Topliss-reactive ketones (excluding diaryl/α,β-unsaturated/α-hetero) is 2. The van der Waals surface area contributed by atoms with Crippen LogP contribution in [0.5, 0.6) is 0 Å². The van der Waals surface area contributed by atoms with E-state index in [9.17, 15) is 9.59 Å². The molecule has 0 bridgehead atoms. The van der Waals surface area contributed by atoms with Gasteiger partial charge in [0.1, 0.15) is 0 Å². The van der Waals surface area contributed by atoms with E-state index in [0.717, 1.165) is 12.8 Å². The van der Waals surface area contributed by atoms with Gasteiger partial charge in [-0.1, -0.05) is 88.6 Å². The number of ketones is 2. The number of hydrogen-bond donors (Lipinski definition) is 0. The van der Waals surface area contributed by atoms with Crippen LogP contribution < -0.4 is 0 Å². The first kappa shape index (κ1) is 17.6. The Labute approximate surface area is 128 Å². The van der Waals surface area contributed by atoms with Crippen LogP contribution in [0.1, 0.15) is 81.5 Å². The number of carbonyl (C=O) groups is 2. The summed E-state index contributed by atoms with van der Waals surface area (Å²) >= 11 is 0. The van der Waals surface area contributed by atoms with Crippen molar-refractivity contribution in [2.24, 2.45) is 0 Å². The van der Waals surface area contributed by atoms with Crippen molar-refractivity contribution < 1.29 is 9.59 Å². The van der Waals surface area contributed by atoms with Crippen molar-refractivity contribution in [1.82, 2.24) is 0 Å². The van der Waals surface area contributed by atoms with E-state index in [0.29, 0.717) is 12.0 Å². The summed E-state index contributed by atoms with van der Waals surface area (Å²) in [7, 11) is 0. The number of carbonyl (C=O) groups excluding carboxylic acids is 2. The molecular formula is C19H28O2. The molecule has 2 heteroatoms. The molecule has 0 fully saturated rings. The molecular weight excluding hydrogens is 260 g/mol. The molecule has 0 aliphatic carbocycles. The third kappa shape index (κ3) is 7.79. The average molecular weight is 288 g/mol. The largest absolute Gasteiger partial charge is 0.290 e. The third-order valence-electron chi connectivity index (χ3n) is 3.80. The van der Waals surface area contributed by atoms with Crippen LogP contribution in [-0.4, -0.2) is 11.6 Å². The number of hydrogen-bond acceptors (Lipinski definition) is 2. The van der Waals surface area contributed by atoms with E-state index in [4.69, 9.17) is 0 Å². The summed E-state index contributed by atoms with van der Waals surface area (Å²) in [5.41, 5.74) is 0.512. The van der Waals surface area contributed by atoms with Gasteiger partial charge in [0.2, 0.25) is 11.6 Å².